The first-order valence-corrected chi connectivity index (χ1v) is 6.09. The summed E-state index contributed by atoms with van der Waals surface area (Å²) in [6.07, 6.45) is 3.41. The molecule has 1 heterocycles. The third-order valence-corrected chi connectivity index (χ3v) is 3.01. The number of morpholine rings is 1. The fourth-order valence-electron chi connectivity index (χ4n) is 1.92. The molecule has 1 aromatic carbocycles. The zero-order valence-electron chi connectivity index (χ0n) is 10.5. The number of amides is 1. The molecule has 1 saturated heterocycles. The second-order valence-corrected chi connectivity index (χ2v) is 4.46. The molecule has 1 unspecified atom stereocenters. The Morgan fingerprint density at radius 3 is 2.83 bits per heavy atom. The Morgan fingerprint density at radius 1 is 1.44 bits per heavy atom. The molecule has 1 aromatic rings. The molecule has 2 N–H and O–H groups in total. The summed E-state index contributed by atoms with van der Waals surface area (Å²) >= 11 is 0. The second kappa shape index (κ2) is 5.69. The van der Waals surface area contributed by atoms with Gasteiger partial charge in [-0.1, -0.05) is 12.1 Å². The highest BCUT2D eigenvalue weighted by Crippen LogP contribution is 2.10. The Labute approximate surface area is 107 Å². The molecule has 1 amide bonds. The van der Waals surface area contributed by atoms with Gasteiger partial charge in [-0.3, -0.25) is 4.79 Å². The van der Waals surface area contributed by atoms with Crippen molar-refractivity contribution in [2.75, 3.05) is 25.5 Å². The predicted octanol–water partition coefficient (Wildman–Crippen LogP) is 1.53. The molecule has 1 aliphatic rings. The van der Waals surface area contributed by atoms with Crippen LogP contribution in [0.1, 0.15) is 12.5 Å². The lowest BCUT2D eigenvalue weighted by molar-refractivity contribution is -0.133. The van der Waals surface area contributed by atoms with Gasteiger partial charge in [0.2, 0.25) is 5.91 Å². The molecular weight excluding hydrogens is 228 g/mol. The number of nitrogens with zero attached hydrogens (tertiary/aromatic N) is 1. The van der Waals surface area contributed by atoms with Gasteiger partial charge < -0.3 is 15.4 Å². The van der Waals surface area contributed by atoms with Crippen LogP contribution in [-0.2, 0) is 9.53 Å². The lowest BCUT2D eigenvalue weighted by atomic mass is 10.2. The van der Waals surface area contributed by atoms with E-state index in [2.05, 4.69) is 0 Å². The third kappa shape index (κ3) is 3.11. The third-order valence-electron chi connectivity index (χ3n) is 3.01. The van der Waals surface area contributed by atoms with Crippen molar-refractivity contribution in [1.29, 1.82) is 0 Å². The maximum absolute atomic E-state index is 12.0. The van der Waals surface area contributed by atoms with E-state index in [4.69, 9.17) is 10.5 Å². The molecule has 0 radical (unpaired) electrons. The Kier molecular flexibility index (Phi) is 3.99. The van der Waals surface area contributed by atoms with Gasteiger partial charge in [0.1, 0.15) is 0 Å². The summed E-state index contributed by atoms with van der Waals surface area (Å²) in [4.78, 5) is 13.8. The number of rotatable bonds is 2. The fourth-order valence-corrected chi connectivity index (χ4v) is 1.92. The van der Waals surface area contributed by atoms with E-state index in [1.54, 1.807) is 6.08 Å². The second-order valence-electron chi connectivity index (χ2n) is 4.46. The average Bonchev–Trinajstić information content (AvgIpc) is 2.38. The first-order valence-electron chi connectivity index (χ1n) is 6.09. The van der Waals surface area contributed by atoms with Crippen LogP contribution in [0.3, 0.4) is 0 Å². The zero-order valence-corrected chi connectivity index (χ0v) is 10.5. The molecule has 18 heavy (non-hydrogen) atoms. The number of hydrogen-bond acceptors (Lipinski definition) is 3. The van der Waals surface area contributed by atoms with Gasteiger partial charge >= 0.3 is 0 Å². The van der Waals surface area contributed by atoms with Gasteiger partial charge in [-0.05, 0) is 30.7 Å². The van der Waals surface area contributed by atoms with Gasteiger partial charge in [0.15, 0.2) is 0 Å². The van der Waals surface area contributed by atoms with E-state index in [9.17, 15) is 4.79 Å². The minimum atomic E-state index is 0.0302. The molecule has 0 aromatic heterocycles. The van der Waals surface area contributed by atoms with Crippen LogP contribution < -0.4 is 5.73 Å². The normalized spacial score (nSPS) is 20.3. The Bertz CT molecular complexity index is 440. The van der Waals surface area contributed by atoms with Crippen LogP contribution in [0.25, 0.3) is 6.08 Å². The summed E-state index contributed by atoms with van der Waals surface area (Å²) in [5.74, 6) is 0.0302. The van der Waals surface area contributed by atoms with E-state index >= 15 is 0 Å². The van der Waals surface area contributed by atoms with Crippen LogP contribution in [0.2, 0.25) is 0 Å². The first-order chi connectivity index (χ1) is 8.66. The topological polar surface area (TPSA) is 55.6 Å². The number of nitrogen functional groups attached to an aromatic ring is 1. The number of anilines is 1. The van der Waals surface area contributed by atoms with Gasteiger partial charge in [0, 0.05) is 18.3 Å². The van der Waals surface area contributed by atoms with Crippen LogP contribution in [0.15, 0.2) is 30.3 Å². The van der Waals surface area contributed by atoms with Crippen molar-refractivity contribution in [1.82, 2.24) is 4.90 Å². The van der Waals surface area contributed by atoms with Crippen LogP contribution in [0.5, 0.6) is 0 Å². The molecule has 4 nitrogen and oxygen atoms in total. The lowest BCUT2D eigenvalue weighted by Crippen LogP contribution is -2.46. The van der Waals surface area contributed by atoms with E-state index in [-0.39, 0.29) is 11.9 Å². The Balaban J connectivity index is 1.99. The largest absolute Gasteiger partial charge is 0.399 e. The van der Waals surface area contributed by atoms with E-state index in [1.807, 2.05) is 42.2 Å². The van der Waals surface area contributed by atoms with E-state index < -0.39 is 0 Å². The van der Waals surface area contributed by atoms with Crippen LogP contribution in [-0.4, -0.2) is 36.6 Å². The fraction of sp³-hybridized carbons (Fsp3) is 0.357. The number of carbonyl (C=O) groups excluding carboxylic acids is 1. The van der Waals surface area contributed by atoms with Crippen LogP contribution in [0.4, 0.5) is 5.69 Å². The highest BCUT2D eigenvalue weighted by molar-refractivity contribution is 5.92. The standard InChI is InChI=1S/C14H18N2O2/c1-11-10-18-9-8-16(11)14(17)7-4-12-2-5-13(15)6-3-12/h2-7,11H,8-10,15H2,1H3/b7-4+. The van der Waals surface area contributed by atoms with E-state index in [1.165, 1.54) is 0 Å². The van der Waals surface area contributed by atoms with Gasteiger partial charge in [-0.2, -0.15) is 0 Å². The summed E-state index contributed by atoms with van der Waals surface area (Å²) in [5, 5.41) is 0. The minimum absolute atomic E-state index is 0.0302. The number of carbonyl (C=O) groups is 1. The van der Waals surface area contributed by atoms with Crippen molar-refractivity contribution >= 4 is 17.7 Å². The maximum Gasteiger partial charge on any atom is 0.246 e. The quantitative estimate of drug-likeness (QED) is 0.636. The molecule has 1 fully saturated rings. The molecule has 4 heteroatoms. The highest BCUT2D eigenvalue weighted by atomic mass is 16.5. The SMILES string of the molecule is CC1COCCN1C(=O)/C=C/c1ccc(N)cc1. The molecule has 2 rings (SSSR count). The van der Waals surface area contributed by atoms with E-state index in [0.29, 0.717) is 19.8 Å². The Morgan fingerprint density at radius 2 is 2.17 bits per heavy atom. The van der Waals surface area contributed by atoms with Crippen molar-refractivity contribution in [3.63, 3.8) is 0 Å². The summed E-state index contributed by atoms with van der Waals surface area (Å²) in [6, 6.07) is 7.56. The van der Waals surface area contributed by atoms with Gasteiger partial charge in [-0.25, -0.2) is 0 Å². The molecule has 1 aliphatic heterocycles. The lowest BCUT2D eigenvalue weighted by Gasteiger charge is -2.32. The molecule has 1 atom stereocenters. The van der Waals surface area contributed by atoms with Crippen LogP contribution in [0, 0.1) is 0 Å². The minimum Gasteiger partial charge on any atom is -0.399 e. The highest BCUT2D eigenvalue weighted by Gasteiger charge is 2.21. The predicted molar refractivity (Wildman–Crippen MR) is 71.9 cm³/mol. The van der Waals surface area contributed by atoms with Crippen molar-refractivity contribution < 1.29 is 9.53 Å². The number of nitrogens with two attached hydrogens (primary N) is 1. The maximum atomic E-state index is 12.0. The molecule has 0 aliphatic carbocycles. The van der Waals surface area contributed by atoms with Gasteiger partial charge in [0.25, 0.3) is 0 Å². The smallest absolute Gasteiger partial charge is 0.246 e. The molecule has 0 bridgehead atoms. The van der Waals surface area contributed by atoms with Gasteiger partial charge in [-0.15, -0.1) is 0 Å². The summed E-state index contributed by atoms with van der Waals surface area (Å²) in [5.41, 5.74) is 7.30. The van der Waals surface area contributed by atoms with Crippen molar-refractivity contribution in [2.24, 2.45) is 0 Å². The average molecular weight is 246 g/mol. The number of benzene rings is 1. The van der Waals surface area contributed by atoms with Crippen molar-refractivity contribution in [3.05, 3.63) is 35.9 Å². The molecule has 0 spiro atoms. The first kappa shape index (κ1) is 12.6. The number of ether oxygens (including phenoxy) is 1. The summed E-state index contributed by atoms with van der Waals surface area (Å²) in [6.45, 7) is 3.88. The van der Waals surface area contributed by atoms with E-state index in [0.717, 1.165) is 11.3 Å². The zero-order chi connectivity index (χ0) is 13.0. The monoisotopic (exact) mass is 246 g/mol. The molecular formula is C14H18N2O2. The summed E-state index contributed by atoms with van der Waals surface area (Å²) < 4.78 is 5.31. The van der Waals surface area contributed by atoms with Gasteiger partial charge in [0.05, 0.1) is 19.3 Å². The van der Waals surface area contributed by atoms with Crippen molar-refractivity contribution in [2.45, 2.75) is 13.0 Å². The molecule has 0 saturated carbocycles. The summed E-state index contributed by atoms with van der Waals surface area (Å²) in [7, 11) is 0. The Hall–Kier alpha value is -1.81. The number of hydrogen-bond donors (Lipinski definition) is 1. The van der Waals surface area contributed by atoms with Crippen molar-refractivity contribution in [3.8, 4) is 0 Å². The molecule has 96 valence electrons. The van der Waals surface area contributed by atoms with Crippen LogP contribution >= 0.6 is 0 Å².